The summed E-state index contributed by atoms with van der Waals surface area (Å²) in [4.78, 5) is 24.3. The van der Waals surface area contributed by atoms with Gasteiger partial charge in [0.25, 0.3) is 0 Å². The summed E-state index contributed by atoms with van der Waals surface area (Å²) in [5.74, 6) is -0.264. The summed E-state index contributed by atoms with van der Waals surface area (Å²) in [6, 6.07) is 7.10. The maximum Gasteiger partial charge on any atom is 0.337 e. The number of rotatable bonds is 19. The minimum Gasteiger partial charge on any atom is -0.465 e. The Hall–Kier alpha value is -1.92. The van der Waals surface area contributed by atoms with Crippen LogP contribution >= 0.6 is 0 Å². The number of nitrogens with one attached hydrogen (secondary N) is 3. The Balaban J connectivity index is 2.44. The molecule has 1 aromatic rings. The number of carbonyl (C=O) groups excluding carboxylic acids is 2. The van der Waals surface area contributed by atoms with Crippen molar-refractivity contribution in [3.8, 4) is 0 Å². The molecule has 3 N–H and O–H groups in total. The summed E-state index contributed by atoms with van der Waals surface area (Å²) in [6.07, 6.45) is 12.0. The molecule has 1 aromatic carbocycles. The molecular weight excluding hydrogens is 402 g/mol. The van der Waals surface area contributed by atoms with Crippen LogP contribution in [0, 0.1) is 0 Å². The Morgan fingerprint density at radius 1 is 0.844 bits per heavy atom. The highest BCUT2D eigenvalue weighted by atomic mass is 16.5. The first-order chi connectivity index (χ1) is 15.6. The molecule has 6 heteroatoms. The second-order valence-electron chi connectivity index (χ2n) is 8.45. The lowest BCUT2D eigenvalue weighted by molar-refractivity contribution is -0.123. The number of amides is 1. The van der Waals surface area contributed by atoms with Gasteiger partial charge in [-0.15, -0.1) is 0 Å². The van der Waals surface area contributed by atoms with Crippen LogP contribution in [-0.2, 0) is 16.1 Å². The quantitative estimate of drug-likeness (QED) is 0.214. The zero-order valence-electron chi connectivity index (χ0n) is 20.5. The lowest BCUT2D eigenvalue weighted by Gasteiger charge is -2.19. The zero-order chi connectivity index (χ0) is 23.4. The van der Waals surface area contributed by atoms with Crippen molar-refractivity contribution in [1.29, 1.82) is 0 Å². The fourth-order valence-corrected chi connectivity index (χ4v) is 3.56. The van der Waals surface area contributed by atoms with Crippen LogP contribution < -0.4 is 16.0 Å². The van der Waals surface area contributed by atoms with Gasteiger partial charge < -0.3 is 20.7 Å². The number of hydrogen-bond donors (Lipinski definition) is 3. The van der Waals surface area contributed by atoms with Gasteiger partial charge in [-0.1, -0.05) is 77.3 Å². The Kier molecular flexibility index (Phi) is 16.4. The van der Waals surface area contributed by atoms with E-state index in [4.69, 9.17) is 4.74 Å². The highest BCUT2D eigenvalue weighted by molar-refractivity contribution is 5.89. The van der Waals surface area contributed by atoms with Gasteiger partial charge in [0.15, 0.2) is 0 Å². The van der Waals surface area contributed by atoms with E-state index >= 15 is 0 Å². The average Bonchev–Trinajstić information content (AvgIpc) is 2.82. The molecule has 32 heavy (non-hydrogen) atoms. The van der Waals surface area contributed by atoms with E-state index < -0.39 is 0 Å². The first kappa shape index (κ1) is 28.1. The van der Waals surface area contributed by atoms with Gasteiger partial charge in [0, 0.05) is 19.6 Å². The van der Waals surface area contributed by atoms with Crippen molar-refractivity contribution >= 4 is 11.9 Å². The van der Waals surface area contributed by atoms with Crippen LogP contribution in [0.3, 0.4) is 0 Å². The van der Waals surface area contributed by atoms with Crippen molar-refractivity contribution < 1.29 is 14.3 Å². The van der Waals surface area contributed by atoms with E-state index in [0.29, 0.717) is 18.7 Å². The molecule has 0 saturated carbocycles. The molecule has 0 aromatic heterocycles. The van der Waals surface area contributed by atoms with Crippen molar-refractivity contribution in [3.63, 3.8) is 0 Å². The van der Waals surface area contributed by atoms with Crippen molar-refractivity contribution in [1.82, 2.24) is 16.0 Å². The molecule has 0 fully saturated rings. The molecule has 1 amide bonds. The standard InChI is InChI=1S/C26H45N3O3/c1-4-6-8-10-11-13-18-28-24(25(30)29-19-12-9-7-5-2)21-27-20-22-14-16-23(17-15-22)26(31)32-3/h14-17,24,27-28H,4-13,18-21H2,1-3H3,(H,29,30)/t24-/m0/s1. The van der Waals surface area contributed by atoms with Crippen LogP contribution in [0.4, 0.5) is 0 Å². The van der Waals surface area contributed by atoms with E-state index in [-0.39, 0.29) is 17.9 Å². The van der Waals surface area contributed by atoms with Crippen LogP contribution in [0.25, 0.3) is 0 Å². The number of carbonyl (C=O) groups is 2. The molecule has 0 radical (unpaired) electrons. The number of unbranched alkanes of at least 4 members (excludes halogenated alkanes) is 8. The lowest BCUT2D eigenvalue weighted by atomic mass is 10.1. The summed E-state index contributed by atoms with van der Waals surface area (Å²) in [7, 11) is 1.38. The van der Waals surface area contributed by atoms with Crippen LogP contribution in [0.2, 0.25) is 0 Å². The van der Waals surface area contributed by atoms with Gasteiger partial charge in [0.05, 0.1) is 18.7 Å². The fourth-order valence-electron chi connectivity index (χ4n) is 3.56. The third-order valence-corrected chi connectivity index (χ3v) is 5.62. The second kappa shape index (κ2) is 18.6. The van der Waals surface area contributed by atoms with E-state index in [2.05, 4.69) is 29.8 Å². The van der Waals surface area contributed by atoms with E-state index in [1.165, 1.54) is 52.1 Å². The van der Waals surface area contributed by atoms with Gasteiger partial charge in [-0.2, -0.15) is 0 Å². The van der Waals surface area contributed by atoms with Gasteiger partial charge >= 0.3 is 5.97 Å². The third-order valence-electron chi connectivity index (χ3n) is 5.62. The molecule has 0 bridgehead atoms. The van der Waals surface area contributed by atoms with E-state index in [1.807, 2.05) is 12.1 Å². The summed E-state index contributed by atoms with van der Waals surface area (Å²) in [5.41, 5.74) is 1.60. The predicted octanol–water partition coefficient (Wildman–Crippen LogP) is 4.58. The summed E-state index contributed by atoms with van der Waals surface area (Å²) in [5, 5.41) is 9.92. The Bertz CT molecular complexity index is 619. The van der Waals surface area contributed by atoms with Crippen molar-refractivity contribution in [3.05, 3.63) is 35.4 Å². The normalized spacial score (nSPS) is 11.8. The summed E-state index contributed by atoms with van der Waals surface area (Å²) in [6.45, 7) is 7.22. The van der Waals surface area contributed by atoms with E-state index in [1.54, 1.807) is 12.1 Å². The van der Waals surface area contributed by atoms with Crippen LogP contribution in [-0.4, -0.2) is 44.7 Å². The number of esters is 1. The highest BCUT2D eigenvalue weighted by Gasteiger charge is 2.17. The summed E-state index contributed by atoms with van der Waals surface area (Å²) >= 11 is 0. The zero-order valence-corrected chi connectivity index (χ0v) is 20.5. The van der Waals surface area contributed by atoms with Gasteiger partial charge in [-0.25, -0.2) is 4.79 Å². The molecule has 0 heterocycles. The van der Waals surface area contributed by atoms with Crippen molar-refractivity contribution in [2.45, 2.75) is 90.6 Å². The molecule has 0 aliphatic rings. The molecule has 6 nitrogen and oxygen atoms in total. The average molecular weight is 448 g/mol. The molecule has 0 aliphatic heterocycles. The molecule has 0 aliphatic carbocycles. The smallest absolute Gasteiger partial charge is 0.337 e. The molecule has 1 atom stereocenters. The van der Waals surface area contributed by atoms with Crippen molar-refractivity contribution in [2.75, 3.05) is 26.7 Å². The topological polar surface area (TPSA) is 79.5 Å². The number of methoxy groups -OCH3 is 1. The SMILES string of the molecule is CCCCCCCCN[C@@H](CNCc1ccc(C(=O)OC)cc1)C(=O)NCCCCCC. The first-order valence-corrected chi connectivity index (χ1v) is 12.5. The highest BCUT2D eigenvalue weighted by Crippen LogP contribution is 2.06. The molecule has 0 saturated heterocycles. The molecular formula is C26H45N3O3. The number of hydrogen-bond acceptors (Lipinski definition) is 5. The fraction of sp³-hybridized carbons (Fsp3) is 0.692. The number of benzene rings is 1. The van der Waals surface area contributed by atoms with Crippen LogP contribution in [0.5, 0.6) is 0 Å². The molecule has 1 rings (SSSR count). The monoisotopic (exact) mass is 447 g/mol. The van der Waals surface area contributed by atoms with Crippen LogP contribution in [0.1, 0.15) is 94.0 Å². The maximum absolute atomic E-state index is 12.7. The van der Waals surface area contributed by atoms with Gasteiger partial charge in [0.2, 0.25) is 5.91 Å². The Morgan fingerprint density at radius 2 is 1.44 bits per heavy atom. The predicted molar refractivity (Wildman–Crippen MR) is 132 cm³/mol. The maximum atomic E-state index is 12.7. The van der Waals surface area contributed by atoms with E-state index in [0.717, 1.165) is 37.9 Å². The van der Waals surface area contributed by atoms with Crippen molar-refractivity contribution in [2.24, 2.45) is 0 Å². The van der Waals surface area contributed by atoms with Gasteiger partial charge in [0.1, 0.15) is 0 Å². The van der Waals surface area contributed by atoms with Crippen LogP contribution in [0.15, 0.2) is 24.3 Å². The largest absolute Gasteiger partial charge is 0.465 e. The molecule has 182 valence electrons. The number of ether oxygens (including phenoxy) is 1. The van der Waals surface area contributed by atoms with E-state index in [9.17, 15) is 9.59 Å². The minimum atomic E-state index is -0.334. The second-order valence-corrected chi connectivity index (χ2v) is 8.45. The Labute approximate surface area is 195 Å². The third kappa shape index (κ3) is 12.8. The lowest BCUT2D eigenvalue weighted by Crippen LogP contribution is -2.50. The summed E-state index contributed by atoms with van der Waals surface area (Å²) < 4.78 is 4.74. The first-order valence-electron chi connectivity index (χ1n) is 12.5. The Morgan fingerprint density at radius 3 is 2.09 bits per heavy atom. The van der Waals surface area contributed by atoms with Gasteiger partial charge in [-0.3, -0.25) is 4.79 Å². The van der Waals surface area contributed by atoms with Gasteiger partial charge in [-0.05, 0) is 37.1 Å². The molecule has 0 unspecified atom stereocenters. The molecule has 0 spiro atoms. The minimum absolute atomic E-state index is 0.0704.